The van der Waals surface area contributed by atoms with Crippen LogP contribution in [-0.4, -0.2) is 22.0 Å². The Balaban J connectivity index is 2.33. The molecule has 1 N–H and O–H groups in total. The number of carbonyl (C=O) groups is 2. The number of oxazole rings is 1. The van der Waals surface area contributed by atoms with Crippen molar-refractivity contribution in [3.63, 3.8) is 0 Å². The molecule has 0 saturated carbocycles. The Kier molecular flexibility index (Phi) is 3.99. The van der Waals surface area contributed by atoms with Gasteiger partial charge in [-0.15, -0.1) is 0 Å². The fourth-order valence-corrected chi connectivity index (χ4v) is 2.86. The highest BCUT2D eigenvalue weighted by molar-refractivity contribution is 6.31. The first-order chi connectivity index (χ1) is 11.4. The Bertz CT molecular complexity index is 935. The number of aromatic nitrogens is 1. The molecule has 1 atom stereocenters. The van der Waals surface area contributed by atoms with Gasteiger partial charge < -0.3 is 14.3 Å². The Morgan fingerprint density at radius 3 is 2.67 bits per heavy atom. The van der Waals surface area contributed by atoms with Gasteiger partial charge in [-0.05, 0) is 18.2 Å². The molecule has 1 aromatic heterocycles. The van der Waals surface area contributed by atoms with Crippen LogP contribution in [0.5, 0.6) is 0 Å². The van der Waals surface area contributed by atoms with Gasteiger partial charge >= 0.3 is 11.9 Å². The van der Waals surface area contributed by atoms with Crippen LogP contribution in [0, 0.1) is 0 Å². The van der Waals surface area contributed by atoms with E-state index in [1.54, 1.807) is 18.2 Å². The normalized spacial score (nSPS) is 13.4. The molecule has 0 fully saturated rings. The zero-order chi connectivity index (χ0) is 17.3. The molecule has 7 heteroatoms. The molecule has 3 rings (SSSR count). The third-order valence-electron chi connectivity index (χ3n) is 3.59. The highest BCUT2D eigenvalue weighted by Crippen LogP contribution is 2.39. The van der Waals surface area contributed by atoms with Crippen LogP contribution in [0.4, 0.5) is 0 Å². The van der Waals surface area contributed by atoms with E-state index in [2.05, 4.69) is 4.98 Å². The third-order valence-corrected chi connectivity index (χ3v) is 3.92. The molecule has 0 spiro atoms. The van der Waals surface area contributed by atoms with Crippen molar-refractivity contribution in [2.24, 2.45) is 0 Å². The summed E-state index contributed by atoms with van der Waals surface area (Å²) in [6, 6.07) is 10.9. The van der Waals surface area contributed by atoms with Gasteiger partial charge in [-0.1, -0.05) is 35.9 Å². The minimum atomic E-state index is -2.09. The molecular weight excluding hydrogens is 334 g/mol. The van der Waals surface area contributed by atoms with Gasteiger partial charge in [-0.25, -0.2) is 9.78 Å². The van der Waals surface area contributed by atoms with Crippen LogP contribution in [0.25, 0.3) is 11.1 Å². The molecule has 24 heavy (non-hydrogen) atoms. The number of carbonyl (C=O) groups excluding carboxylic acids is 1. The van der Waals surface area contributed by atoms with Crippen LogP contribution in [0.2, 0.25) is 5.02 Å². The summed E-state index contributed by atoms with van der Waals surface area (Å²) in [7, 11) is 0. The number of rotatable bonds is 4. The predicted molar refractivity (Wildman–Crippen MR) is 85.6 cm³/mol. The van der Waals surface area contributed by atoms with Crippen molar-refractivity contribution in [1.29, 1.82) is 0 Å². The van der Waals surface area contributed by atoms with Gasteiger partial charge in [0.25, 0.3) is 5.60 Å². The molecule has 0 saturated heterocycles. The number of hydrogen-bond acceptors (Lipinski definition) is 5. The number of benzene rings is 2. The van der Waals surface area contributed by atoms with E-state index in [1.165, 1.54) is 30.7 Å². The van der Waals surface area contributed by atoms with Crippen molar-refractivity contribution in [2.45, 2.75) is 12.5 Å². The summed E-state index contributed by atoms with van der Waals surface area (Å²) >= 11 is 6.19. The van der Waals surface area contributed by atoms with Gasteiger partial charge in [0, 0.05) is 23.1 Å². The SMILES string of the molecule is CC(=O)OC(C(=O)O)(c1ccc2ocnc2c1)c1ccccc1Cl. The van der Waals surface area contributed by atoms with Crippen molar-refractivity contribution in [1.82, 2.24) is 4.98 Å². The number of halogens is 1. The van der Waals surface area contributed by atoms with E-state index in [0.29, 0.717) is 11.1 Å². The maximum atomic E-state index is 12.2. The molecule has 0 bridgehead atoms. The number of nitrogens with zero attached hydrogens (tertiary/aromatic N) is 1. The Hall–Kier alpha value is -2.86. The van der Waals surface area contributed by atoms with Crippen LogP contribution in [0.3, 0.4) is 0 Å². The molecule has 122 valence electrons. The molecule has 0 radical (unpaired) electrons. The first kappa shape index (κ1) is 16.0. The van der Waals surface area contributed by atoms with Crippen LogP contribution in [-0.2, 0) is 19.9 Å². The topological polar surface area (TPSA) is 89.6 Å². The molecular formula is C17H12ClNO5. The Morgan fingerprint density at radius 2 is 2.00 bits per heavy atom. The van der Waals surface area contributed by atoms with Crippen molar-refractivity contribution < 1.29 is 23.8 Å². The van der Waals surface area contributed by atoms with Crippen molar-refractivity contribution in [2.75, 3.05) is 0 Å². The zero-order valence-electron chi connectivity index (χ0n) is 12.5. The zero-order valence-corrected chi connectivity index (χ0v) is 13.3. The summed E-state index contributed by atoms with van der Waals surface area (Å²) in [4.78, 5) is 27.9. The van der Waals surface area contributed by atoms with Crippen molar-refractivity contribution in [3.8, 4) is 0 Å². The molecule has 6 nitrogen and oxygen atoms in total. The first-order valence-corrected chi connectivity index (χ1v) is 7.34. The van der Waals surface area contributed by atoms with Crippen LogP contribution in [0.15, 0.2) is 53.3 Å². The number of carboxylic acids is 1. The number of fused-ring (bicyclic) bond motifs is 1. The molecule has 0 aliphatic heterocycles. The lowest BCUT2D eigenvalue weighted by molar-refractivity contribution is -0.173. The largest absolute Gasteiger partial charge is 0.478 e. The average Bonchev–Trinajstić information content (AvgIpc) is 3.00. The van der Waals surface area contributed by atoms with Crippen molar-refractivity contribution >= 4 is 34.6 Å². The predicted octanol–water partition coefficient (Wildman–Crippen LogP) is 3.37. The van der Waals surface area contributed by atoms with E-state index in [4.69, 9.17) is 20.8 Å². The second kappa shape index (κ2) is 5.98. The molecule has 0 aliphatic carbocycles. The van der Waals surface area contributed by atoms with E-state index in [1.807, 2.05) is 0 Å². The summed E-state index contributed by atoms with van der Waals surface area (Å²) in [5.74, 6) is -2.12. The van der Waals surface area contributed by atoms with Gasteiger partial charge in [0.05, 0.1) is 0 Å². The van der Waals surface area contributed by atoms with Crippen LogP contribution in [0.1, 0.15) is 18.1 Å². The highest BCUT2D eigenvalue weighted by atomic mass is 35.5. The minimum absolute atomic E-state index is 0.150. The number of esters is 1. The molecule has 0 aliphatic rings. The van der Waals surface area contributed by atoms with Crippen LogP contribution >= 0.6 is 11.6 Å². The van der Waals surface area contributed by atoms with Crippen LogP contribution < -0.4 is 0 Å². The number of hydrogen-bond donors (Lipinski definition) is 1. The van der Waals surface area contributed by atoms with E-state index < -0.39 is 17.5 Å². The first-order valence-electron chi connectivity index (χ1n) is 6.97. The Morgan fingerprint density at radius 1 is 1.25 bits per heavy atom. The fraction of sp³-hybridized carbons (Fsp3) is 0.118. The summed E-state index contributed by atoms with van der Waals surface area (Å²) in [5.41, 5.74) is -0.800. The lowest BCUT2D eigenvalue weighted by atomic mass is 9.85. The lowest BCUT2D eigenvalue weighted by Gasteiger charge is -2.30. The van der Waals surface area contributed by atoms with Gasteiger partial charge in [-0.2, -0.15) is 0 Å². The van der Waals surface area contributed by atoms with E-state index >= 15 is 0 Å². The summed E-state index contributed by atoms with van der Waals surface area (Å²) < 4.78 is 10.5. The quantitative estimate of drug-likeness (QED) is 0.729. The second-order valence-corrected chi connectivity index (χ2v) is 5.50. The minimum Gasteiger partial charge on any atom is -0.478 e. The number of ether oxygens (including phenoxy) is 1. The second-order valence-electron chi connectivity index (χ2n) is 5.09. The summed E-state index contributed by atoms with van der Waals surface area (Å²) in [5, 5.41) is 10.1. The van der Waals surface area contributed by atoms with E-state index in [-0.39, 0.29) is 16.1 Å². The summed E-state index contributed by atoms with van der Waals surface area (Å²) in [6.07, 6.45) is 1.25. The average molecular weight is 346 g/mol. The fourth-order valence-electron chi connectivity index (χ4n) is 2.59. The highest BCUT2D eigenvalue weighted by Gasteiger charge is 2.47. The molecule has 1 heterocycles. The van der Waals surface area contributed by atoms with Gasteiger partial charge in [0.15, 0.2) is 12.0 Å². The van der Waals surface area contributed by atoms with E-state index in [0.717, 1.165) is 6.92 Å². The van der Waals surface area contributed by atoms with Gasteiger partial charge in [0.1, 0.15) is 5.52 Å². The maximum Gasteiger partial charge on any atom is 0.357 e. The smallest absolute Gasteiger partial charge is 0.357 e. The monoisotopic (exact) mass is 345 g/mol. The third kappa shape index (κ3) is 2.51. The Labute approximate surface area is 141 Å². The molecule has 0 amide bonds. The van der Waals surface area contributed by atoms with E-state index in [9.17, 15) is 14.7 Å². The van der Waals surface area contributed by atoms with Gasteiger partial charge in [0.2, 0.25) is 0 Å². The molecule has 3 aromatic rings. The van der Waals surface area contributed by atoms with Crippen molar-refractivity contribution in [3.05, 3.63) is 65.0 Å². The lowest BCUT2D eigenvalue weighted by Crippen LogP contribution is -2.41. The molecule has 2 aromatic carbocycles. The number of carboxylic acid groups (broad SMARTS) is 1. The van der Waals surface area contributed by atoms with Gasteiger partial charge in [-0.3, -0.25) is 4.79 Å². The molecule has 1 unspecified atom stereocenters. The standard InChI is InChI=1S/C17H12ClNO5/c1-10(20)24-17(16(21)22,12-4-2-3-5-13(12)18)11-6-7-15-14(8-11)19-9-23-15/h2-9H,1H3,(H,21,22). The summed E-state index contributed by atoms with van der Waals surface area (Å²) in [6.45, 7) is 1.14. The maximum absolute atomic E-state index is 12.2. The number of aliphatic carboxylic acids is 1.